The lowest BCUT2D eigenvalue weighted by molar-refractivity contribution is -0.134. The fourth-order valence-electron chi connectivity index (χ4n) is 3.00. The summed E-state index contributed by atoms with van der Waals surface area (Å²) in [5, 5.41) is 2.83. The van der Waals surface area contributed by atoms with Crippen molar-refractivity contribution < 1.29 is 19.1 Å². The highest BCUT2D eigenvalue weighted by molar-refractivity contribution is 6.00. The van der Waals surface area contributed by atoms with Gasteiger partial charge in [0, 0.05) is 18.8 Å². The van der Waals surface area contributed by atoms with Crippen LogP contribution in [-0.4, -0.2) is 42.4 Å². The molecule has 142 valence electrons. The summed E-state index contributed by atoms with van der Waals surface area (Å²) in [4.78, 5) is 38.4. The van der Waals surface area contributed by atoms with Crippen molar-refractivity contribution in [3.63, 3.8) is 0 Å². The number of nitrogens with zero attached hydrogens (tertiary/aromatic N) is 1. The monoisotopic (exact) mass is 360 g/mol. The molecule has 2 rings (SSSR count). The standard InChI is InChI=1S/C20H28N2O4/c1-4-11-22(12-5-2)19(24)17-13-16(17)18(23)21-15-9-7-14(8-10-15)20(25)26-6-3/h7-10,16-17H,4-6,11-13H2,1-3H3,(H,21,23). The van der Waals surface area contributed by atoms with E-state index < -0.39 is 0 Å². The summed E-state index contributed by atoms with van der Waals surface area (Å²) in [7, 11) is 0. The third kappa shape index (κ3) is 5.07. The maximum atomic E-state index is 12.5. The van der Waals surface area contributed by atoms with Crippen LogP contribution in [0.25, 0.3) is 0 Å². The highest BCUT2D eigenvalue weighted by atomic mass is 16.5. The molecular formula is C20H28N2O4. The van der Waals surface area contributed by atoms with E-state index in [1.54, 1.807) is 31.2 Å². The molecule has 6 nitrogen and oxygen atoms in total. The van der Waals surface area contributed by atoms with Gasteiger partial charge in [-0.05, 0) is 50.5 Å². The summed E-state index contributed by atoms with van der Waals surface area (Å²) in [5.41, 5.74) is 1.05. The van der Waals surface area contributed by atoms with Crippen molar-refractivity contribution in [2.45, 2.75) is 40.0 Å². The second-order valence-corrected chi connectivity index (χ2v) is 6.56. The predicted molar refractivity (Wildman–Crippen MR) is 99.8 cm³/mol. The molecule has 2 amide bonds. The predicted octanol–water partition coefficient (Wildman–Crippen LogP) is 3.09. The normalized spacial score (nSPS) is 18.1. The Kier molecular flexibility index (Phi) is 7.18. The molecule has 0 aromatic heterocycles. The third-order valence-electron chi connectivity index (χ3n) is 4.41. The van der Waals surface area contributed by atoms with Crippen molar-refractivity contribution in [1.29, 1.82) is 0 Å². The minimum absolute atomic E-state index is 0.0894. The Labute approximate surface area is 154 Å². The topological polar surface area (TPSA) is 75.7 Å². The Balaban J connectivity index is 1.89. The molecule has 1 saturated carbocycles. The van der Waals surface area contributed by atoms with E-state index in [1.807, 2.05) is 18.7 Å². The third-order valence-corrected chi connectivity index (χ3v) is 4.41. The van der Waals surface area contributed by atoms with E-state index in [0.29, 0.717) is 24.3 Å². The Bertz CT molecular complexity index is 636. The van der Waals surface area contributed by atoms with Crippen LogP contribution in [0.1, 0.15) is 50.4 Å². The molecule has 2 unspecified atom stereocenters. The Hall–Kier alpha value is -2.37. The first kappa shape index (κ1) is 19.9. The molecule has 0 heterocycles. The maximum Gasteiger partial charge on any atom is 0.338 e. The highest BCUT2D eigenvalue weighted by Gasteiger charge is 2.49. The first-order valence-electron chi connectivity index (χ1n) is 9.38. The number of esters is 1. The minimum Gasteiger partial charge on any atom is -0.462 e. The summed E-state index contributed by atoms with van der Waals surface area (Å²) in [6.45, 7) is 7.66. The maximum absolute atomic E-state index is 12.5. The van der Waals surface area contributed by atoms with Crippen molar-refractivity contribution in [1.82, 2.24) is 4.90 Å². The Morgan fingerprint density at radius 3 is 2.19 bits per heavy atom. The van der Waals surface area contributed by atoms with E-state index in [2.05, 4.69) is 5.32 Å². The number of anilines is 1. The van der Waals surface area contributed by atoms with Crippen molar-refractivity contribution in [3.05, 3.63) is 29.8 Å². The number of carbonyl (C=O) groups is 3. The summed E-state index contributed by atoms with van der Waals surface area (Å²) in [6, 6.07) is 6.58. The molecule has 1 aromatic carbocycles. The van der Waals surface area contributed by atoms with Crippen molar-refractivity contribution in [2.24, 2.45) is 11.8 Å². The van der Waals surface area contributed by atoms with E-state index in [1.165, 1.54) is 0 Å². The molecule has 1 aromatic rings. The van der Waals surface area contributed by atoms with Gasteiger partial charge in [0.15, 0.2) is 0 Å². The van der Waals surface area contributed by atoms with Gasteiger partial charge in [-0.15, -0.1) is 0 Å². The average molecular weight is 360 g/mol. The van der Waals surface area contributed by atoms with Gasteiger partial charge in [-0.2, -0.15) is 0 Å². The zero-order valence-electron chi connectivity index (χ0n) is 15.8. The smallest absolute Gasteiger partial charge is 0.338 e. The van der Waals surface area contributed by atoms with Crippen molar-refractivity contribution in [2.75, 3.05) is 25.0 Å². The van der Waals surface area contributed by atoms with Crippen molar-refractivity contribution >= 4 is 23.5 Å². The molecule has 1 aliphatic carbocycles. The van der Waals surface area contributed by atoms with Gasteiger partial charge in [0.2, 0.25) is 11.8 Å². The largest absolute Gasteiger partial charge is 0.462 e. The molecule has 1 N–H and O–H groups in total. The highest BCUT2D eigenvalue weighted by Crippen LogP contribution is 2.41. The molecule has 6 heteroatoms. The van der Waals surface area contributed by atoms with Crippen LogP contribution in [0.5, 0.6) is 0 Å². The van der Waals surface area contributed by atoms with E-state index in [0.717, 1.165) is 25.9 Å². The Morgan fingerprint density at radius 1 is 1.04 bits per heavy atom. The van der Waals surface area contributed by atoms with E-state index in [4.69, 9.17) is 4.74 Å². The molecule has 0 radical (unpaired) electrons. The second-order valence-electron chi connectivity index (χ2n) is 6.56. The van der Waals surface area contributed by atoms with Crippen LogP contribution in [-0.2, 0) is 14.3 Å². The zero-order valence-corrected chi connectivity index (χ0v) is 15.8. The van der Waals surface area contributed by atoms with Crippen LogP contribution in [0.4, 0.5) is 5.69 Å². The van der Waals surface area contributed by atoms with Gasteiger partial charge in [0.25, 0.3) is 0 Å². The molecule has 1 aliphatic rings. The number of hydrogen-bond acceptors (Lipinski definition) is 4. The summed E-state index contributed by atoms with van der Waals surface area (Å²) < 4.78 is 4.93. The van der Waals surface area contributed by atoms with Crippen LogP contribution in [0.2, 0.25) is 0 Å². The first-order valence-corrected chi connectivity index (χ1v) is 9.38. The van der Waals surface area contributed by atoms with Crippen LogP contribution < -0.4 is 5.32 Å². The van der Waals surface area contributed by atoms with Crippen molar-refractivity contribution in [3.8, 4) is 0 Å². The lowest BCUT2D eigenvalue weighted by Crippen LogP contribution is -2.34. The van der Waals surface area contributed by atoms with E-state index in [9.17, 15) is 14.4 Å². The fraction of sp³-hybridized carbons (Fsp3) is 0.550. The van der Waals surface area contributed by atoms with Gasteiger partial charge in [-0.25, -0.2) is 4.79 Å². The first-order chi connectivity index (χ1) is 12.5. The number of ether oxygens (including phenoxy) is 1. The lowest BCUT2D eigenvalue weighted by atomic mass is 10.2. The lowest BCUT2D eigenvalue weighted by Gasteiger charge is -2.21. The minimum atomic E-state index is -0.384. The van der Waals surface area contributed by atoms with Crippen LogP contribution in [0.3, 0.4) is 0 Å². The zero-order chi connectivity index (χ0) is 19.1. The second kappa shape index (κ2) is 9.36. The van der Waals surface area contributed by atoms with Gasteiger partial charge in [-0.3, -0.25) is 9.59 Å². The number of hydrogen-bond donors (Lipinski definition) is 1. The number of benzene rings is 1. The molecule has 0 bridgehead atoms. The summed E-state index contributed by atoms with van der Waals surface area (Å²) >= 11 is 0. The number of amides is 2. The van der Waals surface area contributed by atoms with Crippen LogP contribution in [0.15, 0.2) is 24.3 Å². The molecule has 0 aliphatic heterocycles. The van der Waals surface area contributed by atoms with Gasteiger partial charge in [-0.1, -0.05) is 13.8 Å². The van der Waals surface area contributed by atoms with E-state index >= 15 is 0 Å². The molecule has 0 spiro atoms. The molecule has 26 heavy (non-hydrogen) atoms. The van der Waals surface area contributed by atoms with E-state index in [-0.39, 0.29) is 29.6 Å². The number of nitrogens with one attached hydrogen (secondary N) is 1. The summed E-state index contributed by atoms with van der Waals surface area (Å²) in [6.07, 6.45) is 2.44. The quantitative estimate of drug-likeness (QED) is 0.687. The van der Waals surface area contributed by atoms with Gasteiger partial charge >= 0.3 is 5.97 Å². The number of rotatable bonds is 9. The number of carbonyl (C=O) groups excluding carboxylic acids is 3. The molecular weight excluding hydrogens is 332 g/mol. The van der Waals surface area contributed by atoms with Crippen LogP contribution >= 0.6 is 0 Å². The molecule has 2 atom stereocenters. The fourth-order valence-corrected chi connectivity index (χ4v) is 3.00. The molecule has 0 saturated heterocycles. The van der Waals surface area contributed by atoms with Crippen LogP contribution in [0, 0.1) is 11.8 Å². The molecule has 1 fully saturated rings. The van der Waals surface area contributed by atoms with Gasteiger partial charge in [0.1, 0.15) is 0 Å². The average Bonchev–Trinajstić information content (AvgIpc) is 3.42. The van der Waals surface area contributed by atoms with Gasteiger partial charge in [0.05, 0.1) is 24.0 Å². The Morgan fingerprint density at radius 2 is 1.65 bits per heavy atom. The van der Waals surface area contributed by atoms with Gasteiger partial charge < -0.3 is 15.0 Å². The SMILES string of the molecule is CCCN(CCC)C(=O)C1CC1C(=O)Nc1ccc(C(=O)OCC)cc1. The summed E-state index contributed by atoms with van der Waals surface area (Å²) in [5.74, 6) is -0.896.